The van der Waals surface area contributed by atoms with Crippen LogP contribution in [0.5, 0.6) is 0 Å². The van der Waals surface area contributed by atoms with Crippen LogP contribution in [0.3, 0.4) is 0 Å². The zero-order valence-electron chi connectivity index (χ0n) is 9.39. The lowest BCUT2D eigenvalue weighted by molar-refractivity contribution is 0.183. The Morgan fingerprint density at radius 2 is 1.71 bits per heavy atom. The maximum Gasteiger partial charge on any atom is 0.0652 e. The van der Waals surface area contributed by atoms with Gasteiger partial charge in [0.05, 0.1) is 12.1 Å². The fourth-order valence-electron chi connectivity index (χ4n) is 1.61. The van der Waals surface area contributed by atoms with Crippen molar-refractivity contribution in [1.82, 2.24) is 5.32 Å². The smallest absolute Gasteiger partial charge is 0.0652 e. The summed E-state index contributed by atoms with van der Waals surface area (Å²) in [6, 6.07) is 6.36. The van der Waals surface area contributed by atoms with E-state index in [1.54, 1.807) is 0 Å². The van der Waals surface area contributed by atoms with Gasteiger partial charge in [0.15, 0.2) is 0 Å². The van der Waals surface area contributed by atoms with Crippen LogP contribution in [-0.4, -0.2) is 18.8 Å². The van der Waals surface area contributed by atoms with Crippen molar-refractivity contribution in [3.63, 3.8) is 0 Å². The molecule has 0 aliphatic carbocycles. The molecule has 0 aliphatic rings. The molecule has 1 atom stereocenters. The predicted octanol–water partition coefficient (Wildman–Crippen LogP) is 1.73. The lowest BCUT2D eigenvalue weighted by Crippen LogP contribution is -2.40. The van der Waals surface area contributed by atoms with Crippen molar-refractivity contribution in [2.75, 3.05) is 13.7 Å². The van der Waals surface area contributed by atoms with E-state index in [1.165, 1.54) is 11.1 Å². The van der Waals surface area contributed by atoms with Crippen LogP contribution in [0.2, 0.25) is 0 Å². The summed E-state index contributed by atoms with van der Waals surface area (Å²) in [7, 11) is 1.87. The number of hydrogen-bond donors (Lipinski definition) is 2. The van der Waals surface area contributed by atoms with E-state index in [-0.39, 0.29) is 12.1 Å². The number of likely N-dealkylation sites (N-methyl/N-ethyl adjacent to an activating group) is 1. The van der Waals surface area contributed by atoms with Crippen molar-refractivity contribution in [3.05, 3.63) is 34.9 Å². The molecule has 1 unspecified atom stereocenters. The second-order valence-corrected chi connectivity index (χ2v) is 4.12. The van der Waals surface area contributed by atoms with E-state index >= 15 is 0 Å². The maximum atomic E-state index is 9.36. The van der Waals surface area contributed by atoms with Crippen LogP contribution in [-0.2, 0) is 5.54 Å². The third kappa shape index (κ3) is 2.14. The number of nitrogens with one attached hydrogen (secondary N) is 1. The van der Waals surface area contributed by atoms with Gasteiger partial charge >= 0.3 is 0 Å². The highest BCUT2D eigenvalue weighted by Crippen LogP contribution is 2.22. The number of aliphatic hydroxyl groups excluding tert-OH is 1. The third-order valence-electron chi connectivity index (χ3n) is 2.73. The Morgan fingerprint density at radius 3 is 2.07 bits per heavy atom. The molecule has 0 spiro atoms. The lowest BCUT2D eigenvalue weighted by Gasteiger charge is -2.28. The molecule has 0 saturated heterocycles. The quantitative estimate of drug-likeness (QED) is 0.766. The SMILES string of the molecule is CNC(C)(CO)c1cc(C)cc(C)c1. The monoisotopic (exact) mass is 193 g/mol. The minimum Gasteiger partial charge on any atom is -0.394 e. The van der Waals surface area contributed by atoms with E-state index in [4.69, 9.17) is 0 Å². The van der Waals surface area contributed by atoms with E-state index in [9.17, 15) is 5.11 Å². The predicted molar refractivity (Wildman–Crippen MR) is 59.4 cm³/mol. The van der Waals surface area contributed by atoms with E-state index < -0.39 is 0 Å². The molecule has 0 radical (unpaired) electrons. The zero-order valence-corrected chi connectivity index (χ0v) is 9.39. The first-order chi connectivity index (χ1) is 6.51. The summed E-state index contributed by atoms with van der Waals surface area (Å²) in [5.74, 6) is 0. The fraction of sp³-hybridized carbons (Fsp3) is 0.500. The lowest BCUT2D eigenvalue weighted by atomic mass is 9.90. The van der Waals surface area contributed by atoms with Crippen molar-refractivity contribution >= 4 is 0 Å². The first-order valence-corrected chi connectivity index (χ1v) is 4.90. The largest absolute Gasteiger partial charge is 0.394 e. The zero-order chi connectivity index (χ0) is 10.8. The molecular formula is C12H19NO. The molecule has 2 nitrogen and oxygen atoms in total. The Kier molecular flexibility index (Phi) is 3.29. The summed E-state index contributed by atoms with van der Waals surface area (Å²) in [6.07, 6.45) is 0. The minimum atomic E-state index is -0.337. The molecule has 1 aromatic carbocycles. The highest BCUT2D eigenvalue weighted by atomic mass is 16.3. The molecule has 0 bridgehead atoms. The topological polar surface area (TPSA) is 32.3 Å². The molecule has 2 N–H and O–H groups in total. The van der Waals surface area contributed by atoms with E-state index in [2.05, 4.69) is 37.4 Å². The maximum absolute atomic E-state index is 9.36. The highest BCUT2D eigenvalue weighted by Gasteiger charge is 2.23. The van der Waals surface area contributed by atoms with Crippen LogP contribution >= 0.6 is 0 Å². The minimum absolute atomic E-state index is 0.104. The molecule has 14 heavy (non-hydrogen) atoms. The van der Waals surface area contributed by atoms with E-state index in [1.807, 2.05) is 14.0 Å². The Bertz CT molecular complexity index is 296. The summed E-state index contributed by atoms with van der Waals surface area (Å²) in [6.45, 7) is 6.25. The molecule has 0 heterocycles. The molecule has 0 amide bonds. The normalized spacial score (nSPS) is 15.2. The number of rotatable bonds is 3. The standard InChI is InChI=1S/C12H19NO/c1-9-5-10(2)7-11(6-9)12(3,8-14)13-4/h5-7,13-14H,8H2,1-4H3. The van der Waals surface area contributed by atoms with Gasteiger partial charge in [0.25, 0.3) is 0 Å². The number of hydrogen-bond acceptors (Lipinski definition) is 2. The Balaban J connectivity index is 3.17. The first-order valence-electron chi connectivity index (χ1n) is 4.90. The number of benzene rings is 1. The summed E-state index contributed by atoms with van der Waals surface area (Å²) in [5.41, 5.74) is 3.27. The van der Waals surface area contributed by atoms with Crippen molar-refractivity contribution in [1.29, 1.82) is 0 Å². The molecule has 0 fully saturated rings. The van der Waals surface area contributed by atoms with Gasteiger partial charge in [-0.15, -0.1) is 0 Å². The van der Waals surface area contributed by atoms with E-state index in [0.29, 0.717) is 0 Å². The van der Waals surface area contributed by atoms with Crippen molar-refractivity contribution in [3.8, 4) is 0 Å². The summed E-state index contributed by atoms with van der Waals surface area (Å²) in [5, 5.41) is 12.5. The van der Waals surface area contributed by atoms with Crippen LogP contribution in [0, 0.1) is 13.8 Å². The number of aliphatic hydroxyl groups is 1. The van der Waals surface area contributed by atoms with E-state index in [0.717, 1.165) is 5.56 Å². The van der Waals surface area contributed by atoms with Crippen molar-refractivity contribution in [2.24, 2.45) is 0 Å². The first kappa shape index (κ1) is 11.2. The molecule has 78 valence electrons. The van der Waals surface area contributed by atoms with Gasteiger partial charge in [0, 0.05) is 0 Å². The second kappa shape index (κ2) is 4.11. The molecule has 0 aliphatic heterocycles. The highest BCUT2D eigenvalue weighted by molar-refractivity contribution is 5.33. The summed E-state index contributed by atoms with van der Waals surface area (Å²) < 4.78 is 0. The van der Waals surface area contributed by atoms with Gasteiger partial charge in [-0.25, -0.2) is 0 Å². The van der Waals surface area contributed by atoms with Gasteiger partial charge < -0.3 is 10.4 Å². The molecule has 1 rings (SSSR count). The molecule has 0 saturated carbocycles. The van der Waals surface area contributed by atoms with Gasteiger partial charge in [0.1, 0.15) is 0 Å². The molecular weight excluding hydrogens is 174 g/mol. The van der Waals surface area contributed by atoms with Gasteiger partial charge in [-0.2, -0.15) is 0 Å². The van der Waals surface area contributed by atoms with Gasteiger partial charge in [-0.3, -0.25) is 0 Å². The van der Waals surface area contributed by atoms with Crippen molar-refractivity contribution in [2.45, 2.75) is 26.3 Å². The van der Waals surface area contributed by atoms with Gasteiger partial charge in [-0.05, 0) is 33.4 Å². The number of aryl methyl sites for hydroxylation is 2. The van der Waals surface area contributed by atoms with Crippen LogP contribution in [0.1, 0.15) is 23.6 Å². The molecule has 2 heteroatoms. The average Bonchev–Trinajstić information content (AvgIpc) is 2.15. The second-order valence-electron chi connectivity index (χ2n) is 4.12. The molecule has 1 aromatic rings. The van der Waals surface area contributed by atoms with Crippen LogP contribution < -0.4 is 5.32 Å². The van der Waals surface area contributed by atoms with Crippen LogP contribution in [0.25, 0.3) is 0 Å². The van der Waals surface area contributed by atoms with Gasteiger partial charge in [-0.1, -0.05) is 29.3 Å². The fourth-order valence-corrected chi connectivity index (χ4v) is 1.61. The van der Waals surface area contributed by atoms with Crippen LogP contribution in [0.15, 0.2) is 18.2 Å². The Hall–Kier alpha value is -0.860. The summed E-state index contributed by atoms with van der Waals surface area (Å²) in [4.78, 5) is 0. The Labute approximate surface area is 86.0 Å². The average molecular weight is 193 g/mol. The molecule has 0 aromatic heterocycles. The van der Waals surface area contributed by atoms with Gasteiger partial charge in [0.2, 0.25) is 0 Å². The summed E-state index contributed by atoms with van der Waals surface area (Å²) >= 11 is 0. The Morgan fingerprint density at radius 1 is 1.21 bits per heavy atom. The van der Waals surface area contributed by atoms with Crippen LogP contribution in [0.4, 0.5) is 0 Å². The van der Waals surface area contributed by atoms with Crippen molar-refractivity contribution < 1.29 is 5.11 Å². The third-order valence-corrected chi connectivity index (χ3v) is 2.73.